The van der Waals surface area contributed by atoms with Crippen LogP contribution in [0.1, 0.15) is 77.6 Å². The molecule has 1 fully saturated rings. The van der Waals surface area contributed by atoms with Crippen LogP contribution in [0.2, 0.25) is 0 Å². The molecule has 0 unspecified atom stereocenters. The molecule has 5 heteroatoms. The highest BCUT2D eigenvalue weighted by Crippen LogP contribution is 2.20. The Morgan fingerprint density at radius 2 is 1.68 bits per heavy atom. The lowest BCUT2D eigenvalue weighted by atomic mass is 9.95. The van der Waals surface area contributed by atoms with Crippen LogP contribution in [0, 0.1) is 0 Å². The van der Waals surface area contributed by atoms with Gasteiger partial charge in [-0.25, -0.2) is 4.79 Å². The number of carboxylic acid groups (broad SMARTS) is 1. The Balaban J connectivity index is 0.000000425. The molecule has 0 saturated heterocycles. The predicted octanol–water partition coefficient (Wildman–Crippen LogP) is 5.14. The number of nitrogens with one attached hydrogen (secondary N) is 1. The normalized spacial score (nSPS) is 15.3. The Labute approximate surface area is 141 Å². The largest absolute Gasteiger partial charge is 0.464 e. The van der Waals surface area contributed by atoms with E-state index in [-0.39, 0.29) is 0 Å². The molecule has 1 amide bonds. The van der Waals surface area contributed by atoms with Crippen molar-refractivity contribution in [2.45, 2.75) is 83.6 Å². The van der Waals surface area contributed by atoms with Crippen molar-refractivity contribution in [2.24, 2.45) is 0 Å². The highest BCUT2D eigenvalue weighted by molar-refractivity contribution is 7.97. The number of amides is 1. The fourth-order valence-corrected chi connectivity index (χ4v) is 3.24. The van der Waals surface area contributed by atoms with Crippen molar-refractivity contribution in [1.29, 1.82) is 0 Å². The van der Waals surface area contributed by atoms with E-state index in [1.54, 1.807) is 0 Å². The van der Waals surface area contributed by atoms with Crippen molar-refractivity contribution in [3.05, 3.63) is 0 Å². The fourth-order valence-electron chi connectivity index (χ4n) is 2.66. The van der Waals surface area contributed by atoms with Gasteiger partial charge in [-0.15, -0.1) is 0 Å². The van der Waals surface area contributed by atoms with Crippen molar-refractivity contribution < 1.29 is 9.90 Å². The Hall–Kier alpha value is -0.420. The van der Waals surface area contributed by atoms with E-state index < -0.39 is 6.09 Å². The van der Waals surface area contributed by atoms with Crippen molar-refractivity contribution in [3.63, 3.8) is 0 Å². The smallest absolute Gasteiger partial charge is 0.414 e. The molecule has 0 bridgehead atoms. The van der Waals surface area contributed by atoms with E-state index in [2.05, 4.69) is 30.6 Å². The molecular formula is C17H36N2O2S. The summed E-state index contributed by atoms with van der Waals surface area (Å²) in [7, 11) is 4.38. The summed E-state index contributed by atoms with van der Waals surface area (Å²) in [6.45, 7) is 2.20. The van der Waals surface area contributed by atoms with Crippen LogP contribution in [-0.4, -0.2) is 42.0 Å². The van der Waals surface area contributed by atoms with E-state index in [9.17, 15) is 4.79 Å². The lowest BCUT2D eigenvalue weighted by molar-refractivity contribution is 0.202. The van der Waals surface area contributed by atoms with Crippen LogP contribution in [0.3, 0.4) is 0 Å². The van der Waals surface area contributed by atoms with E-state index >= 15 is 0 Å². The molecule has 0 aromatic carbocycles. The second-order valence-corrected chi connectivity index (χ2v) is 7.18. The van der Waals surface area contributed by atoms with Crippen molar-refractivity contribution in [1.82, 2.24) is 9.62 Å². The molecule has 0 aromatic rings. The second-order valence-electron chi connectivity index (χ2n) is 6.28. The topological polar surface area (TPSA) is 52.6 Å². The van der Waals surface area contributed by atoms with Crippen LogP contribution in [0.25, 0.3) is 0 Å². The quantitative estimate of drug-likeness (QED) is 0.453. The third-order valence-electron chi connectivity index (χ3n) is 4.06. The summed E-state index contributed by atoms with van der Waals surface area (Å²) >= 11 is 1.28. The Morgan fingerprint density at radius 3 is 2.18 bits per heavy atom. The van der Waals surface area contributed by atoms with Gasteiger partial charge in [0, 0.05) is 11.8 Å². The van der Waals surface area contributed by atoms with Gasteiger partial charge in [-0.05, 0) is 45.3 Å². The number of rotatable bonds is 9. The van der Waals surface area contributed by atoms with E-state index in [1.165, 1.54) is 76.2 Å². The van der Waals surface area contributed by atoms with Gasteiger partial charge in [0.15, 0.2) is 0 Å². The number of unbranched alkanes of at least 4 members (excludes halogenated alkanes) is 5. The monoisotopic (exact) mass is 332 g/mol. The molecular weight excluding hydrogens is 296 g/mol. The van der Waals surface area contributed by atoms with Gasteiger partial charge in [0.25, 0.3) is 0 Å². The van der Waals surface area contributed by atoms with Crippen LogP contribution in [0.4, 0.5) is 4.79 Å². The Bertz CT molecular complexity index is 257. The summed E-state index contributed by atoms with van der Waals surface area (Å²) in [6.07, 6.45) is 13.8. The molecule has 4 nitrogen and oxygen atoms in total. The maximum Gasteiger partial charge on any atom is 0.414 e. The molecule has 132 valence electrons. The first-order chi connectivity index (χ1) is 10.6. The zero-order valence-electron chi connectivity index (χ0n) is 14.8. The Kier molecular flexibility index (Phi) is 15.2. The van der Waals surface area contributed by atoms with E-state index in [0.717, 1.165) is 18.2 Å². The maximum absolute atomic E-state index is 10.0. The summed E-state index contributed by atoms with van der Waals surface area (Å²) in [5.74, 6) is 0.887. The summed E-state index contributed by atoms with van der Waals surface area (Å²) in [4.78, 5) is 12.4. The summed E-state index contributed by atoms with van der Waals surface area (Å²) in [5.41, 5.74) is 0. The lowest BCUT2D eigenvalue weighted by Gasteiger charge is -2.27. The number of hydrogen-bond donors (Lipinski definition) is 2. The zero-order valence-corrected chi connectivity index (χ0v) is 15.6. The maximum atomic E-state index is 10.0. The lowest BCUT2D eigenvalue weighted by Crippen LogP contribution is -2.29. The van der Waals surface area contributed by atoms with Crippen LogP contribution < -0.4 is 4.72 Å². The van der Waals surface area contributed by atoms with Gasteiger partial charge in [0.2, 0.25) is 0 Å². The highest BCUT2D eigenvalue weighted by atomic mass is 32.2. The average molecular weight is 333 g/mol. The van der Waals surface area contributed by atoms with Crippen LogP contribution >= 0.6 is 11.9 Å². The van der Waals surface area contributed by atoms with Gasteiger partial charge < -0.3 is 10.0 Å². The minimum atomic E-state index is -0.948. The van der Waals surface area contributed by atoms with Gasteiger partial charge in [0.05, 0.1) is 0 Å². The molecule has 0 aromatic heterocycles. The van der Waals surface area contributed by atoms with Crippen molar-refractivity contribution in [3.8, 4) is 0 Å². The fraction of sp³-hybridized carbons (Fsp3) is 0.941. The third kappa shape index (κ3) is 14.5. The molecule has 22 heavy (non-hydrogen) atoms. The first-order valence-electron chi connectivity index (χ1n) is 8.85. The molecule has 1 saturated carbocycles. The van der Waals surface area contributed by atoms with E-state index in [1.807, 2.05) is 0 Å². The molecule has 0 aliphatic heterocycles. The summed E-state index contributed by atoms with van der Waals surface area (Å²) in [5, 5.41) is 8.25. The third-order valence-corrected chi connectivity index (χ3v) is 4.88. The van der Waals surface area contributed by atoms with Gasteiger partial charge >= 0.3 is 6.09 Å². The van der Waals surface area contributed by atoms with Gasteiger partial charge in [-0.3, -0.25) is 4.72 Å². The molecule has 1 rings (SSSR count). The number of nitrogens with zero attached hydrogens (tertiary/aromatic N) is 1. The predicted molar refractivity (Wildman–Crippen MR) is 97.6 cm³/mol. The molecule has 1 aliphatic rings. The minimum Gasteiger partial charge on any atom is -0.464 e. The number of carbonyl (C=O) groups is 1. The Morgan fingerprint density at radius 1 is 1.09 bits per heavy atom. The van der Waals surface area contributed by atoms with Crippen LogP contribution in [0.5, 0.6) is 0 Å². The van der Waals surface area contributed by atoms with Crippen LogP contribution in [0.15, 0.2) is 0 Å². The highest BCUT2D eigenvalue weighted by Gasteiger charge is 2.13. The van der Waals surface area contributed by atoms with E-state index in [4.69, 9.17) is 5.11 Å². The molecule has 0 radical (unpaired) electrons. The van der Waals surface area contributed by atoms with Crippen LogP contribution in [-0.2, 0) is 0 Å². The van der Waals surface area contributed by atoms with Gasteiger partial charge in [0.1, 0.15) is 0 Å². The molecule has 1 aliphatic carbocycles. The molecule has 0 atom stereocenters. The van der Waals surface area contributed by atoms with Crippen molar-refractivity contribution in [2.75, 3.05) is 19.8 Å². The first kappa shape index (κ1) is 21.6. The van der Waals surface area contributed by atoms with E-state index in [0.29, 0.717) is 0 Å². The zero-order chi connectivity index (χ0) is 16.6. The summed E-state index contributed by atoms with van der Waals surface area (Å²) in [6, 6.07) is 0.888. The SMILES string of the molecule is CCCCCCCCSNC(=O)O.CN(C)C1CCCCC1. The standard InChI is InChI=1S/C9H19NO2S.C8H17N/c1-2-3-4-5-6-7-8-13-10-9(11)12;1-9(2)8-6-4-3-5-7-8/h10H,2-8H2,1H3,(H,11,12);8H,3-7H2,1-2H3. The van der Waals surface area contributed by atoms with Gasteiger partial charge in [-0.2, -0.15) is 0 Å². The molecule has 0 spiro atoms. The second kappa shape index (κ2) is 15.5. The van der Waals surface area contributed by atoms with Gasteiger partial charge in [-0.1, -0.05) is 58.3 Å². The minimum absolute atomic E-state index is 0.887. The summed E-state index contributed by atoms with van der Waals surface area (Å²) < 4.78 is 2.28. The molecule has 0 heterocycles. The molecule has 2 N–H and O–H groups in total. The number of hydrogen-bond acceptors (Lipinski definition) is 3. The first-order valence-corrected chi connectivity index (χ1v) is 9.83. The average Bonchev–Trinajstić information content (AvgIpc) is 2.51. The van der Waals surface area contributed by atoms with Crippen molar-refractivity contribution >= 4 is 18.0 Å².